The van der Waals surface area contributed by atoms with Crippen molar-refractivity contribution < 1.29 is 0 Å². The molecule has 0 bridgehead atoms. The molecule has 0 amide bonds. The molecule has 1 fully saturated rings. The first-order valence-electron chi connectivity index (χ1n) is 6.40. The second kappa shape index (κ2) is 6.77. The van der Waals surface area contributed by atoms with Gasteiger partial charge >= 0.3 is 0 Å². The summed E-state index contributed by atoms with van der Waals surface area (Å²) in [5.41, 5.74) is 8.84. The lowest BCUT2D eigenvalue weighted by molar-refractivity contribution is 0.295. The van der Waals surface area contributed by atoms with Crippen molar-refractivity contribution in [3.05, 3.63) is 11.3 Å². The molecule has 1 aliphatic carbocycles. The number of likely N-dealkylation sites (N-methyl/N-ethyl adjacent to an activating group) is 1. The summed E-state index contributed by atoms with van der Waals surface area (Å²) in [4.78, 5) is 4.71. The van der Waals surface area contributed by atoms with Crippen LogP contribution in [-0.2, 0) is 0 Å². The molecule has 1 saturated carbocycles. The fourth-order valence-electron chi connectivity index (χ4n) is 1.92. The van der Waals surface area contributed by atoms with Crippen LogP contribution in [-0.4, -0.2) is 37.9 Å². The third kappa shape index (κ3) is 4.48. The lowest BCUT2D eigenvalue weighted by atomic mass is 9.87. The number of nitrogens with zero attached hydrogens (tertiary/aromatic N) is 1. The van der Waals surface area contributed by atoms with E-state index in [1.165, 1.54) is 0 Å². The SMILES string of the molecule is CNCCNC1CC(N=C(C)/C(C)=C(/C)N)C1. The van der Waals surface area contributed by atoms with E-state index in [0.717, 1.165) is 42.9 Å². The first-order valence-corrected chi connectivity index (χ1v) is 6.40. The summed E-state index contributed by atoms with van der Waals surface area (Å²) in [5, 5.41) is 6.64. The van der Waals surface area contributed by atoms with Crippen LogP contribution in [0.25, 0.3) is 0 Å². The second-order valence-electron chi connectivity index (χ2n) is 4.90. The van der Waals surface area contributed by atoms with Crippen molar-refractivity contribution in [2.45, 2.75) is 45.7 Å². The van der Waals surface area contributed by atoms with Gasteiger partial charge < -0.3 is 16.4 Å². The monoisotopic (exact) mass is 238 g/mol. The van der Waals surface area contributed by atoms with Crippen molar-refractivity contribution in [3.63, 3.8) is 0 Å². The van der Waals surface area contributed by atoms with Crippen molar-refractivity contribution in [3.8, 4) is 0 Å². The highest BCUT2D eigenvalue weighted by molar-refractivity contribution is 5.98. The van der Waals surface area contributed by atoms with Crippen LogP contribution in [0.15, 0.2) is 16.3 Å². The Morgan fingerprint density at radius 1 is 1.24 bits per heavy atom. The fraction of sp³-hybridized carbons (Fsp3) is 0.769. The molecule has 4 nitrogen and oxygen atoms in total. The zero-order chi connectivity index (χ0) is 12.8. The van der Waals surface area contributed by atoms with Crippen molar-refractivity contribution in [2.75, 3.05) is 20.1 Å². The first kappa shape index (κ1) is 14.2. The Morgan fingerprint density at radius 3 is 2.41 bits per heavy atom. The molecule has 0 aliphatic heterocycles. The van der Waals surface area contributed by atoms with Crippen LogP contribution in [0.1, 0.15) is 33.6 Å². The molecular weight excluding hydrogens is 212 g/mol. The summed E-state index contributed by atoms with van der Waals surface area (Å²) in [5.74, 6) is 0. The Balaban J connectivity index is 2.29. The van der Waals surface area contributed by atoms with E-state index >= 15 is 0 Å². The van der Waals surface area contributed by atoms with Gasteiger partial charge in [-0.15, -0.1) is 0 Å². The average Bonchev–Trinajstić information content (AvgIpc) is 2.24. The van der Waals surface area contributed by atoms with E-state index in [-0.39, 0.29) is 0 Å². The highest BCUT2D eigenvalue weighted by Crippen LogP contribution is 2.24. The summed E-state index contributed by atoms with van der Waals surface area (Å²) >= 11 is 0. The van der Waals surface area contributed by atoms with E-state index < -0.39 is 0 Å². The predicted molar refractivity (Wildman–Crippen MR) is 74.4 cm³/mol. The molecule has 1 rings (SSSR count). The van der Waals surface area contributed by atoms with Gasteiger partial charge in [0.25, 0.3) is 0 Å². The Labute approximate surface area is 105 Å². The Bertz CT molecular complexity index is 297. The quantitative estimate of drug-likeness (QED) is 0.478. The van der Waals surface area contributed by atoms with E-state index in [2.05, 4.69) is 10.6 Å². The number of rotatable bonds is 6. The molecule has 0 saturated heterocycles. The zero-order valence-electron chi connectivity index (χ0n) is 11.5. The smallest absolute Gasteiger partial charge is 0.0532 e. The number of hydrogen-bond acceptors (Lipinski definition) is 4. The molecule has 0 heterocycles. The first-order chi connectivity index (χ1) is 8.04. The molecule has 0 unspecified atom stereocenters. The van der Waals surface area contributed by atoms with Gasteiger partial charge in [-0.1, -0.05) is 0 Å². The number of hydrogen-bond donors (Lipinski definition) is 3. The van der Waals surface area contributed by atoms with Gasteiger partial charge in [-0.2, -0.15) is 0 Å². The average molecular weight is 238 g/mol. The summed E-state index contributed by atoms with van der Waals surface area (Å²) in [6.07, 6.45) is 2.30. The van der Waals surface area contributed by atoms with Crippen molar-refractivity contribution in [2.24, 2.45) is 10.7 Å². The van der Waals surface area contributed by atoms with E-state index in [9.17, 15) is 0 Å². The van der Waals surface area contributed by atoms with Gasteiger partial charge in [0, 0.05) is 30.5 Å². The van der Waals surface area contributed by atoms with Crippen LogP contribution < -0.4 is 16.4 Å². The van der Waals surface area contributed by atoms with Gasteiger partial charge in [0.2, 0.25) is 0 Å². The molecule has 0 atom stereocenters. The third-order valence-corrected chi connectivity index (χ3v) is 3.43. The number of allylic oxidation sites excluding steroid dienone is 2. The lowest BCUT2D eigenvalue weighted by Crippen LogP contribution is -2.45. The third-order valence-electron chi connectivity index (χ3n) is 3.43. The van der Waals surface area contributed by atoms with E-state index in [1.54, 1.807) is 0 Å². The van der Waals surface area contributed by atoms with E-state index in [0.29, 0.717) is 12.1 Å². The number of aliphatic imine (C=N–C) groups is 1. The lowest BCUT2D eigenvalue weighted by Gasteiger charge is -2.34. The summed E-state index contributed by atoms with van der Waals surface area (Å²) < 4.78 is 0. The molecule has 0 aromatic carbocycles. The predicted octanol–water partition coefficient (Wildman–Crippen LogP) is 1.04. The summed E-state index contributed by atoms with van der Waals surface area (Å²) in [6, 6.07) is 1.13. The van der Waals surface area contributed by atoms with Crippen LogP contribution in [0.5, 0.6) is 0 Å². The maximum atomic E-state index is 5.76. The van der Waals surface area contributed by atoms with Crippen LogP contribution in [0, 0.1) is 0 Å². The molecule has 17 heavy (non-hydrogen) atoms. The van der Waals surface area contributed by atoms with Gasteiger partial charge in [-0.3, -0.25) is 4.99 Å². The van der Waals surface area contributed by atoms with Crippen molar-refractivity contribution in [1.82, 2.24) is 10.6 Å². The van der Waals surface area contributed by atoms with Crippen LogP contribution in [0.4, 0.5) is 0 Å². The van der Waals surface area contributed by atoms with Gasteiger partial charge in [-0.05, 0) is 46.2 Å². The van der Waals surface area contributed by atoms with Crippen LogP contribution in [0.3, 0.4) is 0 Å². The maximum Gasteiger partial charge on any atom is 0.0532 e. The molecule has 0 radical (unpaired) electrons. The second-order valence-corrected chi connectivity index (χ2v) is 4.90. The molecule has 0 spiro atoms. The van der Waals surface area contributed by atoms with Gasteiger partial charge in [0.05, 0.1) is 6.04 Å². The fourth-order valence-corrected chi connectivity index (χ4v) is 1.92. The molecule has 1 aliphatic rings. The Morgan fingerprint density at radius 2 is 1.88 bits per heavy atom. The molecule has 0 aromatic heterocycles. The maximum absolute atomic E-state index is 5.76. The van der Waals surface area contributed by atoms with E-state index in [1.807, 2.05) is 27.8 Å². The van der Waals surface area contributed by atoms with Crippen LogP contribution in [0.2, 0.25) is 0 Å². The minimum atomic E-state index is 0.483. The normalized spacial score (nSPS) is 26.5. The highest BCUT2D eigenvalue weighted by atomic mass is 15.0. The Kier molecular flexibility index (Phi) is 5.65. The standard InChI is InChI=1S/C13H26N4/c1-9(10(2)14)11(3)17-13-7-12(8-13)16-6-5-15-4/h12-13,15-16H,5-8,14H2,1-4H3/b10-9-,17-11?. The minimum Gasteiger partial charge on any atom is -0.402 e. The largest absolute Gasteiger partial charge is 0.402 e. The van der Waals surface area contributed by atoms with Crippen LogP contribution >= 0.6 is 0 Å². The Hall–Kier alpha value is -0.870. The van der Waals surface area contributed by atoms with Gasteiger partial charge in [0.1, 0.15) is 0 Å². The molecule has 4 N–H and O–H groups in total. The molecular formula is C13H26N4. The van der Waals surface area contributed by atoms with Gasteiger partial charge in [0.15, 0.2) is 0 Å². The molecule has 98 valence electrons. The van der Waals surface area contributed by atoms with Crippen molar-refractivity contribution in [1.29, 1.82) is 0 Å². The zero-order valence-corrected chi connectivity index (χ0v) is 11.5. The number of nitrogens with one attached hydrogen (secondary N) is 2. The minimum absolute atomic E-state index is 0.483. The summed E-state index contributed by atoms with van der Waals surface area (Å²) in [7, 11) is 1.98. The number of nitrogens with two attached hydrogens (primary N) is 1. The molecule has 0 aromatic rings. The summed E-state index contributed by atoms with van der Waals surface area (Å²) in [6.45, 7) is 8.08. The van der Waals surface area contributed by atoms with Gasteiger partial charge in [-0.25, -0.2) is 0 Å². The van der Waals surface area contributed by atoms with E-state index in [4.69, 9.17) is 10.7 Å². The highest BCUT2D eigenvalue weighted by Gasteiger charge is 2.28. The molecule has 4 heteroatoms. The topological polar surface area (TPSA) is 62.4 Å². The van der Waals surface area contributed by atoms with Crippen molar-refractivity contribution >= 4 is 5.71 Å².